The second kappa shape index (κ2) is 3.85. The number of hydrogen-bond acceptors (Lipinski definition) is 4. The number of carbonyl (C=O) groups excluding carboxylic acids is 1. The van der Waals surface area contributed by atoms with Gasteiger partial charge in [-0.1, -0.05) is 0 Å². The predicted octanol–water partition coefficient (Wildman–Crippen LogP) is 2.65. The Morgan fingerprint density at radius 1 is 1.35 bits per heavy atom. The van der Waals surface area contributed by atoms with Gasteiger partial charge in [-0.2, -0.15) is 0 Å². The van der Waals surface area contributed by atoms with E-state index in [-0.39, 0.29) is 11.2 Å². The Balaban J connectivity index is 1.99. The molecular weight excluding hydrogens is 236 g/mol. The van der Waals surface area contributed by atoms with E-state index in [0.717, 1.165) is 10.6 Å². The number of hydrogen-bond donors (Lipinski definition) is 2. The number of anilines is 2. The summed E-state index contributed by atoms with van der Waals surface area (Å²) in [7, 11) is 0. The molecule has 0 spiro atoms. The molecule has 0 saturated carbocycles. The Morgan fingerprint density at radius 2 is 2.24 bits per heavy atom. The highest BCUT2D eigenvalue weighted by Gasteiger charge is 2.30. The van der Waals surface area contributed by atoms with Gasteiger partial charge in [-0.05, 0) is 30.3 Å². The Bertz CT molecular complexity index is 566. The molecule has 1 aliphatic heterocycles. The van der Waals surface area contributed by atoms with E-state index < -0.39 is 0 Å². The molecule has 1 aliphatic rings. The first-order chi connectivity index (χ1) is 8.24. The molecule has 0 saturated heterocycles. The average molecular weight is 246 g/mol. The summed E-state index contributed by atoms with van der Waals surface area (Å²) in [4.78, 5) is 12.9. The summed E-state index contributed by atoms with van der Waals surface area (Å²) in [5, 5.41) is 2.50. The van der Waals surface area contributed by atoms with Gasteiger partial charge in [0.15, 0.2) is 0 Å². The highest BCUT2D eigenvalue weighted by atomic mass is 32.2. The first-order valence-electron chi connectivity index (χ1n) is 5.14. The number of carbonyl (C=O) groups is 1. The van der Waals surface area contributed by atoms with Crippen LogP contribution in [-0.2, 0) is 4.79 Å². The second-order valence-corrected chi connectivity index (χ2v) is 4.91. The normalized spacial score (nSPS) is 18.6. The molecule has 1 atom stereocenters. The number of furan rings is 1. The van der Waals surface area contributed by atoms with Gasteiger partial charge in [-0.25, -0.2) is 0 Å². The van der Waals surface area contributed by atoms with Crippen LogP contribution in [0.2, 0.25) is 0 Å². The van der Waals surface area contributed by atoms with Crippen LogP contribution in [0.1, 0.15) is 11.0 Å². The van der Waals surface area contributed by atoms with Crippen LogP contribution in [0.5, 0.6) is 0 Å². The summed E-state index contributed by atoms with van der Waals surface area (Å²) >= 11 is 1.45. The summed E-state index contributed by atoms with van der Waals surface area (Å²) in [5.74, 6) is 0.586. The number of thioether (sulfide) groups is 1. The molecule has 1 aromatic carbocycles. The average Bonchev–Trinajstić information content (AvgIpc) is 2.82. The second-order valence-electron chi connectivity index (χ2n) is 3.76. The SMILES string of the molecule is Nc1ccc2c(c1)SC(c1ccco1)C(=O)N2. The van der Waals surface area contributed by atoms with Gasteiger partial charge in [0.1, 0.15) is 11.0 Å². The van der Waals surface area contributed by atoms with Crippen LogP contribution in [0.15, 0.2) is 45.9 Å². The van der Waals surface area contributed by atoms with Crippen LogP contribution in [0.4, 0.5) is 11.4 Å². The van der Waals surface area contributed by atoms with Crippen LogP contribution in [0, 0.1) is 0 Å². The smallest absolute Gasteiger partial charge is 0.245 e. The predicted molar refractivity (Wildman–Crippen MR) is 66.8 cm³/mol. The topological polar surface area (TPSA) is 68.3 Å². The van der Waals surface area contributed by atoms with Gasteiger partial charge >= 0.3 is 0 Å². The standard InChI is InChI=1S/C12H10N2O2S/c13-7-3-4-8-10(6-7)17-11(12(15)14-8)9-2-1-5-16-9/h1-6,11H,13H2,(H,14,15). The number of nitrogen functional groups attached to an aromatic ring is 1. The Kier molecular flexibility index (Phi) is 2.33. The van der Waals surface area contributed by atoms with Crippen molar-refractivity contribution in [3.8, 4) is 0 Å². The van der Waals surface area contributed by atoms with Crippen LogP contribution in [0.25, 0.3) is 0 Å². The van der Waals surface area contributed by atoms with E-state index in [2.05, 4.69) is 5.32 Å². The number of fused-ring (bicyclic) bond motifs is 1. The number of benzene rings is 1. The summed E-state index contributed by atoms with van der Waals surface area (Å²) in [6, 6.07) is 9.02. The molecule has 4 nitrogen and oxygen atoms in total. The highest BCUT2D eigenvalue weighted by molar-refractivity contribution is 8.00. The van der Waals surface area contributed by atoms with Gasteiger partial charge in [0.25, 0.3) is 0 Å². The minimum Gasteiger partial charge on any atom is -0.468 e. The lowest BCUT2D eigenvalue weighted by Crippen LogP contribution is -2.22. The molecule has 17 heavy (non-hydrogen) atoms. The molecule has 2 aromatic rings. The van der Waals surface area contributed by atoms with Crippen LogP contribution in [0.3, 0.4) is 0 Å². The monoisotopic (exact) mass is 246 g/mol. The zero-order chi connectivity index (χ0) is 11.8. The van der Waals surface area contributed by atoms with Gasteiger partial charge in [0.2, 0.25) is 5.91 Å². The van der Waals surface area contributed by atoms with E-state index in [9.17, 15) is 4.79 Å². The van der Waals surface area contributed by atoms with Gasteiger partial charge < -0.3 is 15.5 Å². The number of nitrogens with two attached hydrogens (primary N) is 1. The summed E-state index contributed by atoms with van der Waals surface area (Å²) in [6.07, 6.45) is 1.57. The third-order valence-corrected chi connectivity index (χ3v) is 3.82. The maximum Gasteiger partial charge on any atom is 0.245 e. The molecule has 0 bridgehead atoms. The molecule has 5 heteroatoms. The molecule has 1 amide bonds. The first-order valence-corrected chi connectivity index (χ1v) is 6.02. The van der Waals surface area contributed by atoms with Crippen LogP contribution >= 0.6 is 11.8 Å². The van der Waals surface area contributed by atoms with Crippen molar-refractivity contribution in [3.63, 3.8) is 0 Å². The van der Waals surface area contributed by atoms with E-state index in [1.807, 2.05) is 12.1 Å². The lowest BCUT2D eigenvalue weighted by molar-refractivity contribution is -0.116. The molecule has 0 fully saturated rings. The summed E-state index contributed by atoms with van der Waals surface area (Å²) in [5.41, 5.74) is 7.22. The van der Waals surface area contributed by atoms with E-state index in [1.165, 1.54) is 11.8 Å². The van der Waals surface area contributed by atoms with Crippen molar-refractivity contribution in [3.05, 3.63) is 42.4 Å². The molecule has 3 N–H and O–H groups in total. The maximum atomic E-state index is 11.9. The van der Waals surface area contributed by atoms with Crippen LogP contribution in [-0.4, -0.2) is 5.91 Å². The van der Waals surface area contributed by atoms with Crippen molar-refractivity contribution in [1.29, 1.82) is 0 Å². The zero-order valence-electron chi connectivity index (χ0n) is 8.84. The molecule has 0 aliphatic carbocycles. The number of amides is 1. The number of rotatable bonds is 1. The van der Waals surface area contributed by atoms with E-state index in [4.69, 9.17) is 10.2 Å². The quantitative estimate of drug-likeness (QED) is 0.759. The molecule has 1 unspecified atom stereocenters. The van der Waals surface area contributed by atoms with E-state index in [0.29, 0.717) is 11.4 Å². The van der Waals surface area contributed by atoms with Crippen LogP contribution < -0.4 is 11.1 Å². The molecule has 1 aromatic heterocycles. The molecule has 0 radical (unpaired) electrons. The van der Waals surface area contributed by atoms with Gasteiger partial charge in [-0.3, -0.25) is 4.79 Å². The highest BCUT2D eigenvalue weighted by Crippen LogP contribution is 2.44. The number of nitrogens with one attached hydrogen (secondary N) is 1. The Hall–Kier alpha value is -1.88. The zero-order valence-corrected chi connectivity index (χ0v) is 9.66. The molecule has 2 heterocycles. The van der Waals surface area contributed by atoms with Crippen molar-refractivity contribution in [1.82, 2.24) is 0 Å². The fourth-order valence-corrected chi connectivity index (χ4v) is 2.87. The fourth-order valence-electron chi connectivity index (χ4n) is 1.75. The molecule has 86 valence electrons. The Morgan fingerprint density at radius 3 is 3.00 bits per heavy atom. The van der Waals surface area contributed by atoms with Crippen molar-refractivity contribution in [2.75, 3.05) is 11.1 Å². The van der Waals surface area contributed by atoms with Gasteiger partial charge in [0.05, 0.1) is 12.0 Å². The fraction of sp³-hybridized carbons (Fsp3) is 0.0833. The van der Waals surface area contributed by atoms with Gasteiger partial charge in [-0.15, -0.1) is 11.8 Å². The molecule has 3 rings (SSSR count). The van der Waals surface area contributed by atoms with E-state index >= 15 is 0 Å². The summed E-state index contributed by atoms with van der Waals surface area (Å²) in [6.45, 7) is 0. The largest absolute Gasteiger partial charge is 0.468 e. The maximum absolute atomic E-state index is 11.9. The lowest BCUT2D eigenvalue weighted by Gasteiger charge is -2.22. The third-order valence-electron chi connectivity index (χ3n) is 2.55. The summed E-state index contributed by atoms with van der Waals surface area (Å²) < 4.78 is 5.28. The van der Waals surface area contributed by atoms with Crippen molar-refractivity contribution < 1.29 is 9.21 Å². The first kappa shape index (κ1) is 10.3. The van der Waals surface area contributed by atoms with E-state index in [1.54, 1.807) is 24.5 Å². The minimum atomic E-state index is -0.348. The van der Waals surface area contributed by atoms with Crippen molar-refractivity contribution >= 4 is 29.0 Å². The lowest BCUT2D eigenvalue weighted by atomic mass is 10.2. The molecular formula is C12H10N2O2S. The van der Waals surface area contributed by atoms with Gasteiger partial charge in [0, 0.05) is 10.6 Å². The Labute approximate surface area is 102 Å². The third kappa shape index (κ3) is 1.78. The van der Waals surface area contributed by atoms with Crippen molar-refractivity contribution in [2.24, 2.45) is 0 Å². The van der Waals surface area contributed by atoms with Crippen molar-refractivity contribution in [2.45, 2.75) is 10.1 Å². The minimum absolute atomic E-state index is 0.0674.